The van der Waals surface area contributed by atoms with Crippen molar-refractivity contribution in [3.05, 3.63) is 29.8 Å². The molecule has 24 heavy (non-hydrogen) atoms. The van der Waals surface area contributed by atoms with Gasteiger partial charge in [0.15, 0.2) is 5.96 Å². The molecule has 138 valence electrons. The number of likely N-dealkylation sites (N-methyl/N-ethyl adjacent to an activating group) is 1. The molecule has 1 aromatic rings. The molecule has 0 aliphatic rings. The molecule has 1 aromatic carbocycles. The lowest BCUT2D eigenvalue weighted by molar-refractivity contribution is 0.281. The average Bonchev–Trinajstić information content (AvgIpc) is 2.54. The standard InChI is InChI=1S/C18H32N4O.HI/c1-7-19-18(20-12-13-21(4)15(2)3)22(5)14-16-8-10-17(23-6)11-9-16;/h8-11,15H,7,12-14H2,1-6H3,(H,19,20);1H. The Morgan fingerprint density at radius 3 is 2.33 bits per heavy atom. The van der Waals surface area contributed by atoms with E-state index >= 15 is 0 Å². The first kappa shape index (κ1) is 23.0. The predicted molar refractivity (Wildman–Crippen MR) is 114 cm³/mol. The molecule has 0 bridgehead atoms. The number of methoxy groups -OCH3 is 1. The van der Waals surface area contributed by atoms with E-state index in [4.69, 9.17) is 9.73 Å². The Morgan fingerprint density at radius 2 is 1.83 bits per heavy atom. The van der Waals surface area contributed by atoms with Crippen LogP contribution in [0.5, 0.6) is 5.75 Å². The lowest BCUT2D eigenvalue weighted by Crippen LogP contribution is -2.39. The largest absolute Gasteiger partial charge is 0.497 e. The summed E-state index contributed by atoms with van der Waals surface area (Å²) in [5, 5.41) is 3.36. The highest BCUT2D eigenvalue weighted by molar-refractivity contribution is 14.0. The topological polar surface area (TPSA) is 40.1 Å². The van der Waals surface area contributed by atoms with Crippen molar-refractivity contribution in [1.29, 1.82) is 0 Å². The first-order valence-electron chi connectivity index (χ1n) is 8.30. The first-order chi connectivity index (χ1) is 11.0. The second kappa shape index (κ2) is 12.4. The molecule has 0 aliphatic heterocycles. The van der Waals surface area contributed by atoms with Crippen LogP contribution in [0.2, 0.25) is 0 Å². The van der Waals surface area contributed by atoms with Gasteiger partial charge in [0.2, 0.25) is 0 Å². The molecular weight excluding hydrogens is 415 g/mol. The van der Waals surface area contributed by atoms with Crippen LogP contribution in [-0.4, -0.2) is 62.6 Å². The fourth-order valence-corrected chi connectivity index (χ4v) is 2.12. The van der Waals surface area contributed by atoms with Crippen LogP contribution in [0.15, 0.2) is 29.3 Å². The maximum absolute atomic E-state index is 5.20. The fraction of sp³-hybridized carbons (Fsp3) is 0.611. The molecule has 0 amide bonds. The molecule has 0 saturated heterocycles. The van der Waals surface area contributed by atoms with Crippen molar-refractivity contribution in [3.63, 3.8) is 0 Å². The van der Waals surface area contributed by atoms with Gasteiger partial charge in [0, 0.05) is 32.7 Å². The Hall–Kier alpha value is -1.02. The zero-order valence-corrected chi connectivity index (χ0v) is 18.2. The number of hydrogen-bond donors (Lipinski definition) is 1. The van der Waals surface area contributed by atoms with Gasteiger partial charge in [-0.3, -0.25) is 4.99 Å². The van der Waals surface area contributed by atoms with E-state index in [1.54, 1.807) is 7.11 Å². The Bertz CT molecular complexity index is 476. The summed E-state index contributed by atoms with van der Waals surface area (Å²) in [7, 11) is 5.89. The highest BCUT2D eigenvalue weighted by Gasteiger charge is 2.07. The molecule has 0 spiro atoms. The van der Waals surface area contributed by atoms with Crippen LogP contribution in [0.1, 0.15) is 26.3 Å². The van der Waals surface area contributed by atoms with Crippen molar-refractivity contribution in [1.82, 2.24) is 15.1 Å². The summed E-state index contributed by atoms with van der Waals surface area (Å²) in [6, 6.07) is 8.71. The molecule has 0 fully saturated rings. The highest BCUT2D eigenvalue weighted by atomic mass is 127. The van der Waals surface area contributed by atoms with E-state index in [0.717, 1.165) is 37.9 Å². The summed E-state index contributed by atoms with van der Waals surface area (Å²) in [4.78, 5) is 9.19. The van der Waals surface area contributed by atoms with Gasteiger partial charge in [0.1, 0.15) is 5.75 Å². The smallest absolute Gasteiger partial charge is 0.194 e. The van der Waals surface area contributed by atoms with Gasteiger partial charge in [-0.15, -0.1) is 24.0 Å². The Kier molecular flexibility index (Phi) is 11.8. The number of ether oxygens (including phenoxy) is 1. The highest BCUT2D eigenvalue weighted by Crippen LogP contribution is 2.12. The number of nitrogens with zero attached hydrogens (tertiary/aromatic N) is 3. The molecule has 0 aliphatic carbocycles. The van der Waals surface area contributed by atoms with E-state index in [0.29, 0.717) is 6.04 Å². The van der Waals surface area contributed by atoms with Crippen molar-refractivity contribution in [2.45, 2.75) is 33.4 Å². The number of guanidine groups is 1. The van der Waals surface area contributed by atoms with Crippen LogP contribution in [0.3, 0.4) is 0 Å². The third kappa shape index (κ3) is 8.19. The minimum absolute atomic E-state index is 0. The molecule has 1 N–H and O–H groups in total. The van der Waals surface area contributed by atoms with Crippen molar-refractivity contribution >= 4 is 29.9 Å². The third-order valence-corrected chi connectivity index (χ3v) is 3.87. The van der Waals surface area contributed by atoms with Crippen LogP contribution in [0.4, 0.5) is 0 Å². The molecule has 6 heteroatoms. The number of rotatable bonds is 8. The SMILES string of the molecule is CCNC(=NCCN(C)C(C)C)N(C)Cc1ccc(OC)cc1.I. The van der Waals surface area contributed by atoms with Crippen LogP contribution in [-0.2, 0) is 6.54 Å². The van der Waals surface area contributed by atoms with Gasteiger partial charge >= 0.3 is 0 Å². The van der Waals surface area contributed by atoms with E-state index in [9.17, 15) is 0 Å². The van der Waals surface area contributed by atoms with E-state index in [1.165, 1.54) is 5.56 Å². The molecule has 0 aromatic heterocycles. The molecule has 0 unspecified atom stereocenters. The van der Waals surface area contributed by atoms with Gasteiger partial charge in [-0.05, 0) is 45.5 Å². The van der Waals surface area contributed by atoms with Gasteiger partial charge in [0.05, 0.1) is 13.7 Å². The van der Waals surface area contributed by atoms with Crippen LogP contribution >= 0.6 is 24.0 Å². The van der Waals surface area contributed by atoms with E-state index in [1.807, 2.05) is 12.1 Å². The summed E-state index contributed by atoms with van der Waals surface area (Å²) < 4.78 is 5.20. The van der Waals surface area contributed by atoms with E-state index in [2.05, 4.69) is 62.1 Å². The summed E-state index contributed by atoms with van der Waals surface area (Å²) in [6.07, 6.45) is 0. The average molecular weight is 448 g/mol. The number of benzene rings is 1. The van der Waals surface area contributed by atoms with Gasteiger partial charge < -0.3 is 19.9 Å². The first-order valence-corrected chi connectivity index (χ1v) is 8.30. The normalized spacial score (nSPS) is 11.4. The Labute approximate surface area is 164 Å². The molecular formula is C18H33IN4O. The molecule has 0 atom stereocenters. The predicted octanol–water partition coefficient (Wildman–Crippen LogP) is 3.05. The summed E-state index contributed by atoms with van der Waals surface area (Å²) in [5.41, 5.74) is 1.23. The van der Waals surface area contributed by atoms with Crippen molar-refractivity contribution in [2.75, 3.05) is 40.8 Å². The minimum atomic E-state index is 0. The number of hydrogen-bond acceptors (Lipinski definition) is 3. The number of aliphatic imine (C=N–C) groups is 1. The second-order valence-corrected chi connectivity index (χ2v) is 6.01. The Balaban J connectivity index is 0.00000529. The number of nitrogens with one attached hydrogen (secondary N) is 1. The fourth-order valence-electron chi connectivity index (χ4n) is 2.12. The summed E-state index contributed by atoms with van der Waals surface area (Å²) in [6.45, 7) is 9.93. The zero-order chi connectivity index (χ0) is 17.2. The van der Waals surface area contributed by atoms with Gasteiger partial charge in [-0.2, -0.15) is 0 Å². The lowest BCUT2D eigenvalue weighted by Gasteiger charge is -2.23. The lowest BCUT2D eigenvalue weighted by atomic mass is 10.2. The second-order valence-electron chi connectivity index (χ2n) is 6.01. The minimum Gasteiger partial charge on any atom is -0.497 e. The van der Waals surface area contributed by atoms with Crippen LogP contribution < -0.4 is 10.1 Å². The van der Waals surface area contributed by atoms with Crippen LogP contribution in [0, 0.1) is 0 Å². The third-order valence-electron chi connectivity index (χ3n) is 3.87. The quantitative estimate of drug-likeness (QED) is 0.377. The monoisotopic (exact) mass is 448 g/mol. The number of halogens is 1. The van der Waals surface area contributed by atoms with Gasteiger partial charge in [0.25, 0.3) is 0 Å². The van der Waals surface area contributed by atoms with Crippen molar-refractivity contribution in [3.8, 4) is 5.75 Å². The van der Waals surface area contributed by atoms with E-state index < -0.39 is 0 Å². The van der Waals surface area contributed by atoms with Crippen molar-refractivity contribution < 1.29 is 4.74 Å². The maximum atomic E-state index is 5.20. The maximum Gasteiger partial charge on any atom is 0.194 e. The molecule has 5 nitrogen and oxygen atoms in total. The van der Waals surface area contributed by atoms with Crippen LogP contribution in [0.25, 0.3) is 0 Å². The van der Waals surface area contributed by atoms with E-state index in [-0.39, 0.29) is 24.0 Å². The van der Waals surface area contributed by atoms with Crippen molar-refractivity contribution in [2.24, 2.45) is 4.99 Å². The van der Waals surface area contributed by atoms with Gasteiger partial charge in [-0.25, -0.2) is 0 Å². The molecule has 1 rings (SSSR count). The summed E-state index contributed by atoms with van der Waals surface area (Å²) >= 11 is 0. The van der Waals surface area contributed by atoms with Gasteiger partial charge in [-0.1, -0.05) is 12.1 Å². The Morgan fingerprint density at radius 1 is 1.21 bits per heavy atom. The molecule has 0 radical (unpaired) electrons. The molecule has 0 heterocycles. The zero-order valence-electron chi connectivity index (χ0n) is 15.9. The molecule has 0 saturated carbocycles. The summed E-state index contributed by atoms with van der Waals surface area (Å²) in [5.74, 6) is 1.83.